The number of benzene rings is 2. The highest BCUT2D eigenvalue weighted by atomic mass is 16.5. The molecule has 0 radical (unpaired) electrons. The topological polar surface area (TPSA) is 47.0 Å². The summed E-state index contributed by atoms with van der Waals surface area (Å²) in [5, 5.41) is 3.57. The van der Waals surface area contributed by atoms with Gasteiger partial charge in [0.15, 0.2) is 0 Å². The molecule has 0 aliphatic carbocycles. The summed E-state index contributed by atoms with van der Waals surface area (Å²) in [6.07, 6.45) is 0.917. The van der Waals surface area contributed by atoms with Crippen LogP contribution in [0.4, 0.5) is 5.82 Å². The van der Waals surface area contributed by atoms with E-state index in [1.807, 2.05) is 31.2 Å². The molecule has 2 aromatic carbocycles. The summed E-state index contributed by atoms with van der Waals surface area (Å²) in [4.78, 5) is 9.18. The summed E-state index contributed by atoms with van der Waals surface area (Å²) in [6, 6.07) is 18.8. The van der Waals surface area contributed by atoms with Gasteiger partial charge in [-0.1, -0.05) is 48.0 Å². The molecule has 1 aliphatic heterocycles. The van der Waals surface area contributed by atoms with Crippen molar-refractivity contribution in [3.63, 3.8) is 0 Å². The molecule has 0 bridgehead atoms. The van der Waals surface area contributed by atoms with Crippen molar-refractivity contribution in [3.8, 4) is 17.0 Å². The van der Waals surface area contributed by atoms with Crippen LogP contribution in [0.25, 0.3) is 11.3 Å². The summed E-state index contributed by atoms with van der Waals surface area (Å²) >= 11 is 0. The Morgan fingerprint density at radius 2 is 1.80 bits per heavy atom. The van der Waals surface area contributed by atoms with E-state index in [1.165, 1.54) is 11.1 Å². The molecule has 4 heteroatoms. The van der Waals surface area contributed by atoms with Crippen LogP contribution in [0.5, 0.6) is 5.75 Å². The van der Waals surface area contributed by atoms with Gasteiger partial charge in [0.25, 0.3) is 0 Å². The van der Waals surface area contributed by atoms with E-state index in [1.54, 1.807) is 0 Å². The molecule has 1 aromatic heterocycles. The van der Waals surface area contributed by atoms with Gasteiger partial charge in [0.1, 0.15) is 17.4 Å². The van der Waals surface area contributed by atoms with Crippen molar-refractivity contribution in [2.45, 2.75) is 26.3 Å². The minimum absolute atomic E-state index is 0.199. The van der Waals surface area contributed by atoms with Gasteiger partial charge in [-0.15, -0.1) is 0 Å². The summed E-state index contributed by atoms with van der Waals surface area (Å²) < 4.78 is 5.75. The van der Waals surface area contributed by atoms with E-state index in [-0.39, 0.29) is 6.04 Å². The quantitative estimate of drug-likeness (QED) is 0.756. The molecule has 0 amide bonds. The summed E-state index contributed by atoms with van der Waals surface area (Å²) in [7, 11) is 0. The predicted molar refractivity (Wildman–Crippen MR) is 99.9 cm³/mol. The number of aryl methyl sites for hydroxylation is 2. The minimum atomic E-state index is 0.199. The standard InChI is InChI=1S/C21H21N3O/c1-14-7-9-16(10-8-14)19-13-21(23-15(2)22-19)24-18-11-12-25-20-6-4-3-5-17(18)20/h3-10,13,18H,11-12H2,1-2H3,(H,22,23,24). The lowest BCUT2D eigenvalue weighted by Crippen LogP contribution is -2.21. The first kappa shape index (κ1) is 15.6. The van der Waals surface area contributed by atoms with Crippen LogP contribution in [0.3, 0.4) is 0 Å². The number of nitrogens with one attached hydrogen (secondary N) is 1. The summed E-state index contributed by atoms with van der Waals surface area (Å²) in [6.45, 7) is 4.73. The molecule has 3 aromatic rings. The Kier molecular flexibility index (Phi) is 4.10. The highest BCUT2D eigenvalue weighted by molar-refractivity contribution is 5.63. The Morgan fingerprint density at radius 1 is 1.00 bits per heavy atom. The number of para-hydroxylation sites is 1. The first-order chi connectivity index (χ1) is 12.2. The Hall–Kier alpha value is -2.88. The van der Waals surface area contributed by atoms with Crippen LogP contribution in [0.1, 0.15) is 29.4 Å². The van der Waals surface area contributed by atoms with E-state index in [9.17, 15) is 0 Å². The molecule has 4 rings (SSSR count). The van der Waals surface area contributed by atoms with Crippen LogP contribution in [-0.4, -0.2) is 16.6 Å². The molecule has 0 fully saturated rings. The molecule has 0 saturated carbocycles. The van der Waals surface area contributed by atoms with E-state index >= 15 is 0 Å². The molecule has 1 N–H and O–H groups in total. The molecule has 0 saturated heterocycles. The maximum absolute atomic E-state index is 5.75. The lowest BCUT2D eigenvalue weighted by Gasteiger charge is -2.27. The second kappa shape index (κ2) is 6.55. The summed E-state index contributed by atoms with van der Waals surface area (Å²) in [5.74, 6) is 2.57. The smallest absolute Gasteiger partial charge is 0.130 e. The van der Waals surface area contributed by atoms with Crippen LogP contribution in [0.15, 0.2) is 54.6 Å². The molecule has 126 valence electrons. The lowest BCUT2D eigenvalue weighted by molar-refractivity contribution is 0.274. The van der Waals surface area contributed by atoms with Crippen molar-refractivity contribution in [1.29, 1.82) is 0 Å². The van der Waals surface area contributed by atoms with Crippen LogP contribution < -0.4 is 10.1 Å². The van der Waals surface area contributed by atoms with E-state index in [4.69, 9.17) is 4.74 Å². The second-order valence-corrected chi connectivity index (χ2v) is 6.42. The fourth-order valence-corrected chi connectivity index (χ4v) is 3.18. The zero-order chi connectivity index (χ0) is 17.2. The van der Waals surface area contributed by atoms with Crippen molar-refractivity contribution >= 4 is 5.82 Å². The van der Waals surface area contributed by atoms with Gasteiger partial charge >= 0.3 is 0 Å². The van der Waals surface area contributed by atoms with Crippen LogP contribution in [0, 0.1) is 13.8 Å². The van der Waals surface area contributed by atoms with Gasteiger partial charge < -0.3 is 10.1 Å². The maximum Gasteiger partial charge on any atom is 0.130 e. The van der Waals surface area contributed by atoms with Gasteiger partial charge in [-0.05, 0) is 19.9 Å². The van der Waals surface area contributed by atoms with E-state index in [0.717, 1.165) is 35.1 Å². The molecule has 1 unspecified atom stereocenters. The molecule has 4 nitrogen and oxygen atoms in total. The minimum Gasteiger partial charge on any atom is -0.493 e. The predicted octanol–water partition coefficient (Wildman–Crippen LogP) is 4.70. The van der Waals surface area contributed by atoms with Crippen molar-refractivity contribution in [2.75, 3.05) is 11.9 Å². The molecule has 0 spiro atoms. The third-order valence-corrected chi connectivity index (χ3v) is 4.47. The number of nitrogens with zero attached hydrogens (tertiary/aromatic N) is 2. The van der Waals surface area contributed by atoms with E-state index in [2.05, 4.69) is 52.5 Å². The number of hydrogen-bond donors (Lipinski definition) is 1. The van der Waals surface area contributed by atoms with E-state index < -0.39 is 0 Å². The molecule has 2 heterocycles. The zero-order valence-electron chi connectivity index (χ0n) is 14.5. The van der Waals surface area contributed by atoms with Gasteiger partial charge in [-0.3, -0.25) is 0 Å². The third kappa shape index (κ3) is 3.33. The largest absolute Gasteiger partial charge is 0.493 e. The van der Waals surface area contributed by atoms with Crippen LogP contribution in [0.2, 0.25) is 0 Å². The Morgan fingerprint density at radius 3 is 2.64 bits per heavy atom. The van der Waals surface area contributed by atoms with Gasteiger partial charge in [0, 0.05) is 23.6 Å². The third-order valence-electron chi connectivity index (χ3n) is 4.47. The molecular weight excluding hydrogens is 310 g/mol. The van der Waals surface area contributed by atoms with Crippen LogP contribution in [-0.2, 0) is 0 Å². The molecule has 1 aliphatic rings. The Labute approximate surface area is 147 Å². The highest BCUT2D eigenvalue weighted by Crippen LogP contribution is 2.34. The average Bonchev–Trinajstić information content (AvgIpc) is 2.62. The van der Waals surface area contributed by atoms with Crippen LogP contribution >= 0.6 is 0 Å². The highest BCUT2D eigenvalue weighted by Gasteiger charge is 2.21. The lowest BCUT2D eigenvalue weighted by atomic mass is 10.0. The average molecular weight is 331 g/mol. The fraction of sp³-hybridized carbons (Fsp3) is 0.238. The number of anilines is 1. The number of hydrogen-bond acceptors (Lipinski definition) is 4. The SMILES string of the molecule is Cc1ccc(-c2cc(NC3CCOc4ccccc43)nc(C)n2)cc1. The first-order valence-corrected chi connectivity index (χ1v) is 8.60. The monoisotopic (exact) mass is 331 g/mol. The van der Waals surface area contributed by atoms with E-state index in [0.29, 0.717) is 6.61 Å². The Bertz CT molecular complexity index is 890. The molecular formula is C21H21N3O. The van der Waals surface area contributed by atoms with Crippen molar-refractivity contribution in [2.24, 2.45) is 0 Å². The number of rotatable bonds is 3. The fourth-order valence-electron chi connectivity index (χ4n) is 3.18. The van der Waals surface area contributed by atoms with Gasteiger partial charge in [0.2, 0.25) is 0 Å². The second-order valence-electron chi connectivity index (χ2n) is 6.42. The zero-order valence-corrected chi connectivity index (χ0v) is 14.5. The maximum atomic E-state index is 5.75. The van der Waals surface area contributed by atoms with Gasteiger partial charge in [0.05, 0.1) is 18.3 Å². The Balaban J connectivity index is 1.65. The van der Waals surface area contributed by atoms with Crippen molar-refractivity contribution < 1.29 is 4.74 Å². The van der Waals surface area contributed by atoms with Crippen molar-refractivity contribution in [1.82, 2.24) is 9.97 Å². The molecule has 25 heavy (non-hydrogen) atoms. The van der Waals surface area contributed by atoms with Crippen molar-refractivity contribution in [3.05, 3.63) is 71.5 Å². The normalized spacial score (nSPS) is 16.0. The summed E-state index contributed by atoms with van der Waals surface area (Å²) in [5.41, 5.74) is 4.47. The number of fused-ring (bicyclic) bond motifs is 1. The number of aromatic nitrogens is 2. The number of ether oxygens (including phenoxy) is 1. The van der Waals surface area contributed by atoms with Gasteiger partial charge in [-0.25, -0.2) is 9.97 Å². The first-order valence-electron chi connectivity index (χ1n) is 8.60. The van der Waals surface area contributed by atoms with Gasteiger partial charge in [-0.2, -0.15) is 0 Å². The molecule has 1 atom stereocenters.